The molecule has 0 N–H and O–H groups in total. The van der Waals surface area contributed by atoms with Gasteiger partial charge in [0, 0.05) is 11.1 Å². The molecule has 0 heterocycles. The normalized spacial score (nSPS) is 9.57. The highest BCUT2D eigenvalue weighted by Crippen LogP contribution is 2.21. The molecule has 6 nitrogen and oxygen atoms in total. The Kier molecular flexibility index (Phi) is 5.41. The van der Waals surface area contributed by atoms with Crippen LogP contribution in [0.4, 0.5) is 0 Å². The van der Waals surface area contributed by atoms with E-state index in [0.717, 1.165) is 7.69 Å². The predicted molar refractivity (Wildman–Crippen MR) is 81.4 cm³/mol. The minimum atomic E-state index is 0.0830. The van der Waals surface area contributed by atoms with E-state index >= 15 is 0 Å². The van der Waals surface area contributed by atoms with Crippen LogP contribution in [0.1, 0.15) is 41.4 Å². The fourth-order valence-electron chi connectivity index (χ4n) is 1.91. The highest BCUT2D eigenvalue weighted by atomic mass is 16.6. The molecule has 0 aliphatic heterocycles. The van der Waals surface area contributed by atoms with Crippen molar-refractivity contribution in [2.75, 3.05) is 0 Å². The van der Waals surface area contributed by atoms with Gasteiger partial charge in [-0.2, -0.15) is 0 Å². The van der Waals surface area contributed by atoms with E-state index in [1.807, 2.05) is 0 Å². The minimum Gasteiger partial charge on any atom is -0.526 e. The van der Waals surface area contributed by atoms with Crippen LogP contribution >= 0.6 is 0 Å². The first-order chi connectivity index (χ1) is 11.2. The van der Waals surface area contributed by atoms with E-state index in [-0.39, 0.29) is 33.8 Å². The SMILES string of the molecule is O=Cc1cccc(O[B]Oc2cccc(C=O)c2C=O)c1C=O. The zero-order valence-electron chi connectivity index (χ0n) is 11.8. The lowest BCUT2D eigenvalue weighted by Gasteiger charge is -2.11. The van der Waals surface area contributed by atoms with Crippen molar-refractivity contribution in [3.8, 4) is 11.5 Å². The maximum Gasteiger partial charge on any atom is 0.658 e. The monoisotopic (exact) mass is 309 g/mol. The third-order valence-electron chi connectivity index (χ3n) is 3.04. The summed E-state index contributed by atoms with van der Waals surface area (Å²) in [6, 6.07) is 9.01. The zero-order valence-corrected chi connectivity index (χ0v) is 11.8. The number of hydrogen-bond donors (Lipinski definition) is 0. The molecule has 2 rings (SSSR count). The fraction of sp³-hybridized carbons (Fsp3) is 0. The fourth-order valence-corrected chi connectivity index (χ4v) is 1.91. The van der Waals surface area contributed by atoms with Crippen LogP contribution < -0.4 is 9.31 Å². The second kappa shape index (κ2) is 7.70. The molecule has 0 atom stereocenters. The summed E-state index contributed by atoms with van der Waals surface area (Å²) in [7, 11) is 0.911. The van der Waals surface area contributed by atoms with Gasteiger partial charge in [0.2, 0.25) is 0 Å². The molecule has 0 aliphatic carbocycles. The molecule has 2 aromatic rings. The second-order valence-electron chi connectivity index (χ2n) is 4.32. The van der Waals surface area contributed by atoms with E-state index in [0.29, 0.717) is 25.1 Å². The number of carbonyl (C=O) groups excluding carboxylic acids is 4. The Hall–Kier alpha value is -3.22. The van der Waals surface area contributed by atoms with E-state index < -0.39 is 0 Å². The minimum absolute atomic E-state index is 0.0830. The van der Waals surface area contributed by atoms with Crippen LogP contribution in [-0.2, 0) is 0 Å². The molecule has 0 aliphatic rings. The third-order valence-corrected chi connectivity index (χ3v) is 3.04. The van der Waals surface area contributed by atoms with Crippen molar-refractivity contribution in [2.45, 2.75) is 0 Å². The van der Waals surface area contributed by atoms with Gasteiger partial charge in [0.05, 0.1) is 11.1 Å². The van der Waals surface area contributed by atoms with Gasteiger partial charge in [-0.25, -0.2) is 0 Å². The average molecular weight is 309 g/mol. The van der Waals surface area contributed by atoms with Gasteiger partial charge < -0.3 is 9.31 Å². The lowest BCUT2D eigenvalue weighted by Crippen LogP contribution is -2.14. The number of aldehydes is 4. The number of rotatable bonds is 8. The summed E-state index contributed by atoms with van der Waals surface area (Å²) in [5.74, 6) is 0.257. The quantitative estimate of drug-likeness (QED) is 0.547. The molecule has 113 valence electrons. The van der Waals surface area contributed by atoms with E-state index in [4.69, 9.17) is 9.31 Å². The van der Waals surface area contributed by atoms with Crippen LogP contribution in [0.5, 0.6) is 11.5 Å². The highest BCUT2D eigenvalue weighted by molar-refractivity contribution is 6.21. The van der Waals surface area contributed by atoms with Crippen molar-refractivity contribution >= 4 is 32.8 Å². The van der Waals surface area contributed by atoms with Gasteiger partial charge in [-0.3, -0.25) is 19.2 Å². The molecule has 23 heavy (non-hydrogen) atoms. The van der Waals surface area contributed by atoms with Crippen molar-refractivity contribution in [3.63, 3.8) is 0 Å². The second-order valence-corrected chi connectivity index (χ2v) is 4.32. The Morgan fingerprint density at radius 3 is 1.43 bits per heavy atom. The summed E-state index contributed by atoms with van der Waals surface area (Å²) in [6.07, 6.45) is 2.07. The van der Waals surface area contributed by atoms with Gasteiger partial charge in [0.15, 0.2) is 25.1 Å². The van der Waals surface area contributed by atoms with Crippen molar-refractivity contribution < 1.29 is 28.5 Å². The van der Waals surface area contributed by atoms with E-state index in [1.165, 1.54) is 24.3 Å². The Bertz CT molecular complexity index is 693. The summed E-state index contributed by atoms with van der Waals surface area (Å²) < 4.78 is 10.4. The lowest BCUT2D eigenvalue weighted by molar-refractivity contribution is 0.109. The summed E-state index contributed by atoms with van der Waals surface area (Å²) in [6.45, 7) is 0. The molecule has 0 spiro atoms. The molecule has 0 amide bonds. The average Bonchev–Trinajstić information content (AvgIpc) is 2.60. The van der Waals surface area contributed by atoms with Crippen molar-refractivity contribution in [1.29, 1.82) is 0 Å². The molecular formula is C16H10BO6. The first-order valence-corrected chi connectivity index (χ1v) is 6.47. The Morgan fingerprint density at radius 2 is 1.09 bits per heavy atom. The maximum atomic E-state index is 11.0. The molecule has 0 unspecified atom stereocenters. The maximum absolute atomic E-state index is 11.0. The van der Waals surface area contributed by atoms with Crippen molar-refractivity contribution in [1.82, 2.24) is 0 Å². The first kappa shape index (κ1) is 16.2. The van der Waals surface area contributed by atoms with Gasteiger partial charge in [0.25, 0.3) is 0 Å². The Labute approximate surface area is 132 Å². The summed E-state index contributed by atoms with van der Waals surface area (Å²) in [4.78, 5) is 43.8. The summed E-state index contributed by atoms with van der Waals surface area (Å²) >= 11 is 0. The smallest absolute Gasteiger partial charge is 0.526 e. The lowest BCUT2D eigenvalue weighted by atomic mass is 10.1. The number of hydrogen-bond acceptors (Lipinski definition) is 6. The van der Waals surface area contributed by atoms with Gasteiger partial charge in [-0.05, 0) is 12.1 Å². The molecule has 0 saturated carbocycles. The van der Waals surface area contributed by atoms with Gasteiger partial charge in [-0.15, -0.1) is 0 Å². The van der Waals surface area contributed by atoms with Crippen LogP contribution in [0.2, 0.25) is 0 Å². The third kappa shape index (κ3) is 3.52. The van der Waals surface area contributed by atoms with Crippen molar-refractivity contribution in [2.24, 2.45) is 0 Å². The topological polar surface area (TPSA) is 86.7 Å². The molecule has 0 bridgehead atoms. The standard InChI is InChI=1S/C16H10BO6/c18-7-11-3-1-5-15(13(11)9-20)22-17-23-16-6-2-4-12(8-19)14(16)10-21/h1-10H. The van der Waals surface area contributed by atoms with Crippen LogP contribution in [0.15, 0.2) is 36.4 Å². The Balaban J connectivity index is 2.15. The summed E-state index contributed by atoms with van der Waals surface area (Å²) in [5.41, 5.74) is 0.532. The van der Waals surface area contributed by atoms with E-state index in [9.17, 15) is 19.2 Å². The van der Waals surface area contributed by atoms with E-state index in [1.54, 1.807) is 12.1 Å². The van der Waals surface area contributed by atoms with Gasteiger partial charge >= 0.3 is 7.69 Å². The molecule has 0 fully saturated rings. The Morgan fingerprint density at radius 1 is 0.652 bits per heavy atom. The van der Waals surface area contributed by atoms with Crippen LogP contribution in [0, 0.1) is 0 Å². The molecule has 7 heteroatoms. The molecular weight excluding hydrogens is 299 g/mol. The number of benzene rings is 2. The zero-order chi connectivity index (χ0) is 16.7. The van der Waals surface area contributed by atoms with Gasteiger partial charge in [-0.1, -0.05) is 24.3 Å². The van der Waals surface area contributed by atoms with Crippen LogP contribution in [0.25, 0.3) is 0 Å². The predicted octanol–water partition coefficient (Wildman–Crippen LogP) is 1.93. The first-order valence-electron chi connectivity index (χ1n) is 6.47. The highest BCUT2D eigenvalue weighted by Gasteiger charge is 2.13. The van der Waals surface area contributed by atoms with Crippen LogP contribution in [0.3, 0.4) is 0 Å². The number of carbonyl (C=O) groups is 4. The molecule has 0 saturated heterocycles. The molecule has 0 aromatic heterocycles. The summed E-state index contributed by atoms with van der Waals surface area (Å²) in [5, 5.41) is 0. The van der Waals surface area contributed by atoms with Gasteiger partial charge in [0.1, 0.15) is 11.5 Å². The van der Waals surface area contributed by atoms with E-state index in [2.05, 4.69) is 0 Å². The largest absolute Gasteiger partial charge is 0.658 e. The molecule has 1 radical (unpaired) electrons. The van der Waals surface area contributed by atoms with Crippen molar-refractivity contribution in [3.05, 3.63) is 58.7 Å². The van der Waals surface area contributed by atoms with Crippen LogP contribution in [-0.4, -0.2) is 32.8 Å². The molecule has 2 aromatic carbocycles.